The van der Waals surface area contributed by atoms with Crippen LogP contribution in [0.2, 0.25) is 0 Å². The van der Waals surface area contributed by atoms with E-state index in [-0.39, 0.29) is 42.4 Å². The molecule has 0 fully saturated rings. The van der Waals surface area contributed by atoms with Gasteiger partial charge < -0.3 is 10.2 Å². The molecule has 0 aromatic carbocycles. The van der Waals surface area contributed by atoms with E-state index >= 15 is 0 Å². The fourth-order valence-electron chi connectivity index (χ4n) is 3.60. The molecule has 0 spiro atoms. The average Bonchev–Trinajstić information content (AvgIpc) is 2.60. The van der Waals surface area contributed by atoms with E-state index in [1.54, 1.807) is 0 Å². The molecule has 0 aromatic heterocycles. The summed E-state index contributed by atoms with van der Waals surface area (Å²) in [5, 5.41) is 17.1. The van der Waals surface area contributed by atoms with Crippen LogP contribution in [0.1, 0.15) is 104 Å². The Bertz CT molecular complexity index is 501. The molecular weight excluding hydrogens is 390 g/mol. The monoisotopic (exact) mass is 428 g/mol. The Morgan fingerprint density at radius 2 is 1.21 bits per heavy atom. The van der Waals surface area contributed by atoms with Crippen LogP contribution in [0, 0.1) is 5.92 Å². The third-order valence-electron chi connectivity index (χ3n) is 5.33. The molecule has 0 bridgehead atoms. The maximum atomic E-state index is 11.9. The Labute approximate surface area is 192 Å². The first-order chi connectivity index (χ1) is 12.8. The van der Waals surface area contributed by atoms with Gasteiger partial charge in [0.15, 0.2) is 5.16 Å². The first kappa shape index (κ1) is 30.0. The molecule has 28 heavy (non-hydrogen) atoms. The first-order valence-electron chi connectivity index (χ1n) is 10.4. The van der Waals surface area contributed by atoms with Gasteiger partial charge in [-0.1, -0.05) is 90.9 Å². The van der Waals surface area contributed by atoms with Gasteiger partial charge in [0, 0.05) is 0 Å². The van der Waals surface area contributed by atoms with Crippen LogP contribution in [0.4, 0.5) is 0 Å². The molecule has 0 radical (unpaired) electrons. The molecule has 0 aliphatic carbocycles. The molecule has 2 atom stereocenters. The maximum absolute atomic E-state index is 11.9. The number of rotatable bonds is 18. The summed E-state index contributed by atoms with van der Waals surface area (Å²) in [6.07, 6.45) is 10.8. The molecular formula is C20H38NaO6P. The Hall–Kier alpha value is -0.160. The molecule has 0 rings (SSSR count). The molecule has 0 aliphatic rings. The molecule has 160 valence electrons. The van der Waals surface area contributed by atoms with Gasteiger partial charge in [-0.25, -0.2) is 9.13 Å². The van der Waals surface area contributed by atoms with E-state index in [0.717, 1.165) is 64.2 Å². The van der Waals surface area contributed by atoms with Crippen molar-refractivity contribution in [3.05, 3.63) is 0 Å². The number of unbranched alkanes of at least 4 members (excludes halogenated alkanes) is 10. The molecule has 0 amide bonds. The molecule has 0 saturated heterocycles. The summed E-state index contributed by atoms with van der Waals surface area (Å²) in [5.74, 6) is -4.24. The molecule has 2 N–H and O–H groups in total. The topological polar surface area (TPSA) is 109 Å². The summed E-state index contributed by atoms with van der Waals surface area (Å²) in [6, 6.07) is 0. The van der Waals surface area contributed by atoms with Crippen molar-refractivity contribution in [2.24, 2.45) is 5.92 Å². The van der Waals surface area contributed by atoms with Gasteiger partial charge in [-0.15, -0.1) is 0 Å². The van der Waals surface area contributed by atoms with Crippen molar-refractivity contribution < 1.29 is 28.9 Å². The van der Waals surface area contributed by atoms with Crippen molar-refractivity contribution in [2.75, 3.05) is 0 Å². The molecule has 8 heteroatoms. The zero-order valence-corrected chi connectivity index (χ0v) is 17.8. The number of carboxylic acid groups (broad SMARTS) is 2. The van der Waals surface area contributed by atoms with Crippen LogP contribution in [0.25, 0.3) is 0 Å². The van der Waals surface area contributed by atoms with Crippen LogP contribution in [0.15, 0.2) is 0 Å². The summed E-state index contributed by atoms with van der Waals surface area (Å²) >= 11 is 0. The minimum absolute atomic E-state index is 0. The van der Waals surface area contributed by atoms with Crippen LogP contribution in [-0.4, -0.2) is 56.9 Å². The summed E-state index contributed by atoms with van der Waals surface area (Å²) in [4.78, 5) is 23.7. The third kappa shape index (κ3) is 10.6. The summed E-state index contributed by atoms with van der Waals surface area (Å²) in [7, 11) is -3.40. The molecule has 0 aliphatic heterocycles. The standard InChI is InChI=1S/C20H37O6P.Na.H/c1-3-5-7-9-11-13-15-17(18(21)22)20(19(23)24,27(25)26)16-14-12-10-8-6-4-2;;/h17H,3-16H2,1-2H3,(H,21,22)(H,23,24);;. The zero-order chi connectivity index (χ0) is 20.7. The second-order valence-electron chi connectivity index (χ2n) is 7.45. The number of carbonyl (C=O) groups is 2. The van der Waals surface area contributed by atoms with Gasteiger partial charge in [-0.3, -0.25) is 9.59 Å². The molecule has 0 heterocycles. The number of hydrogen-bond donors (Lipinski definition) is 2. The Morgan fingerprint density at radius 3 is 1.61 bits per heavy atom. The van der Waals surface area contributed by atoms with Crippen LogP contribution in [-0.2, 0) is 18.7 Å². The van der Waals surface area contributed by atoms with E-state index in [9.17, 15) is 28.9 Å². The van der Waals surface area contributed by atoms with Crippen molar-refractivity contribution in [3.63, 3.8) is 0 Å². The second-order valence-corrected chi connectivity index (χ2v) is 8.76. The van der Waals surface area contributed by atoms with Gasteiger partial charge >= 0.3 is 49.2 Å². The van der Waals surface area contributed by atoms with E-state index < -0.39 is 30.7 Å². The van der Waals surface area contributed by atoms with Crippen LogP contribution in [0.3, 0.4) is 0 Å². The fourth-order valence-corrected chi connectivity index (χ4v) is 4.59. The Balaban J connectivity index is 0. The van der Waals surface area contributed by atoms with Gasteiger partial charge in [-0.2, -0.15) is 0 Å². The molecule has 2 unspecified atom stereocenters. The van der Waals surface area contributed by atoms with Gasteiger partial charge in [0.05, 0.1) is 5.92 Å². The van der Waals surface area contributed by atoms with Crippen LogP contribution < -0.4 is 0 Å². The molecule has 0 aromatic rings. The average molecular weight is 428 g/mol. The normalized spacial score (nSPS) is 13.9. The molecule has 0 saturated carbocycles. The van der Waals surface area contributed by atoms with Gasteiger partial charge in [0.25, 0.3) is 0 Å². The predicted octanol–water partition coefficient (Wildman–Crippen LogP) is 5.54. The fraction of sp³-hybridized carbons (Fsp3) is 0.900. The van der Waals surface area contributed by atoms with Gasteiger partial charge in [0.1, 0.15) is 0 Å². The zero-order valence-electron chi connectivity index (χ0n) is 17.0. The van der Waals surface area contributed by atoms with Crippen molar-refractivity contribution in [2.45, 2.75) is 109 Å². The quantitative estimate of drug-likeness (QED) is 0.169. The van der Waals surface area contributed by atoms with Gasteiger partial charge in [-0.05, 0) is 12.8 Å². The summed E-state index contributed by atoms with van der Waals surface area (Å²) in [6.45, 7) is 4.20. The number of carboxylic acids is 2. The van der Waals surface area contributed by atoms with Crippen LogP contribution >= 0.6 is 7.68 Å². The third-order valence-corrected chi connectivity index (χ3v) is 6.71. The number of hydrogen-bond acceptors (Lipinski definition) is 4. The van der Waals surface area contributed by atoms with Crippen molar-refractivity contribution in [1.82, 2.24) is 0 Å². The van der Waals surface area contributed by atoms with E-state index in [4.69, 9.17) is 0 Å². The number of aliphatic carboxylic acids is 2. The van der Waals surface area contributed by atoms with Crippen molar-refractivity contribution >= 4 is 49.2 Å². The second kappa shape index (κ2) is 17.7. The SMILES string of the molecule is CCCCCCCCC(C(=O)O)C(CCCCCCCC)(C(=O)O)P(=O)=O.[NaH]. The van der Waals surface area contributed by atoms with Crippen molar-refractivity contribution in [1.29, 1.82) is 0 Å². The van der Waals surface area contributed by atoms with Gasteiger partial charge in [0.2, 0.25) is 0 Å². The summed E-state index contributed by atoms with van der Waals surface area (Å²) in [5.41, 5.74) is 0. The van der Waals surface area contributed by atoms with E-state index in [1.807, 2.05) is 0 Å². The van der Waals surface area contributed by atoms with Crippen molar-refractivity contribution in [3.8, 4) is 0 Å². The Morgan fingerprint density at radius 1 is 0.786 bits per heavy atom. The first-order valence-corrected chi connectivity index (χ1v) is 11.6. The minimum atomic E-state index is -3.40. The van der Waals surface area contributed by atoms with E-state index in [1.165, 1.54) is 0 Å². The summed E-state index contributed by atoms with van der Waals surface area (Å²) < 4.78 is 23.9. The Kier molecular flexibility index (Phi) is 19.0. The molecule has 6 nitrogen and oxygen atoms in total. The predicted molar refractivity (Wildman–Crippen MR) is 113 cm³/mol. The van der Waals surface area contributed by atoms with E-state index in [2.05, 4.69) is 13.8 Å². The van der Waals surface area contributed by atoms with E-state index in [0.29, 0.717) is 12.8 Å². The van der Waals surface area contributed by atoms with Crippen LogP contribution in [0.5, 0.6) is 0 Å².